The average molecular weight is 405 g/mol. The molecular formula is C23H19NO6. The minimum Gasteiger partial charge on any atom is -0.433 e. The summed E-state index contributed by atoms with van der Waals surface area (Å²) in [6, 6.07) is 21.3. The van der Waals surface area contributed by atoms with Gasteiger partial charge in [-0.15, -0.1) is 0 Å². The molecule has 3 aromatic carbocycles. The van der Waals surface area contributed by atoms with Crippen LogP contribution >= 0.6 is 0 Å². The molecule has 7 heteroatoms. The normalized spacial score (nSPS) is 11.4. The Balaban J connectivity index is 1.58. The van der Waals surface area contributed by atoms with Crippen LogP contribution in [-0.2, 0) is 4.74 Å². The SMILES string of the molecule is C[C@H](COC(=O)Oc1ccc([N+](=O)[O-])cc1)c1cccc(C(=O)c2ccccc2)c1. The first-order chi connectivity index (χ1) is 14.4. The molecule has 0 saturated heterocycles. The molecule has 0 aliphatic heterocycles. The Labute approximate surface area is 173 Å². The first-order valence-corrected chi connectivity index (χ1v) is 9.23. The van der Waals surface area contributed by atoms with Crippen molar-refractivity contribution in [1.29, 1.82) is 0 Å². The summed E-state index contributed by atoms with van der Waals surface area (Å²) in [5.74, 6) is -0.102. The van der Waals surface area contributed by atoms with E-state index in [2.05, 4.69) is 0 Å². The van der Waals surface area contributed by atoms with Crippen LogP contribution in [0.1, 0.15) is 34.3 Å². The standard InChI is InChI=1S/C23H19NO6/c1-16(15-29-23(26)30-21-12-10-20(11-13-21)24(27)28)18-8-5-9-19(14-18)22(25)17-6-3-2-4-7-17/h2-14,16H,15H2,1H3/t16-/m1/s1. The summed E-state index contributed by atoms with van der Waals surface area (Å²) in [7, 11) is 0. The second-order valence-corrected chi connectivity index (χ2v) is 6.64. The molecule has 0 radical (unpaired) electrons. The predicted molar refractivity (Wildman–Crippen MR) is 110 cm³/mol. The molecule has 7 nitrogen and oxygen atoms in total. The summed E-state index contributed by atoms with van der Waals surface area (Å²) in [5.41, 5.74) is 1.90. The van der Waals surface area contributed by atoms with Crippen molar-refractivity contribution in [2.75, 3.05) is 6.61 Å². The topological polar surface area (TPSA) is 95.7 Å². The molecule has 3 aromatic rings. The molecule has 0 saturated carbocycles. The van der Waals surface area contributed by atoms with Crippen molar-refractivity contribution in [1.82, 2.24) is 0 Å². The number of nitrogens with zero attached hydrogens (tertiary/aromatic N) is 1. The maximum Gasteiger partial charge on any atom is 0.513 e. The molecule has 0 N–H and O–H groups in total. The number of nitro groups is 1. The molecule has 30 heavy (non-hydrogen) atoms. The van der Waals surface area contributed by atoms with Gasteiger partial charge in [0.15, 0.2) is 5.78 Å². The zero-order chi connectivity index (χ0) is 21.5. The van der Waals surface area contributed by atoms with Crippen LogP contribution in [0.3, 0.4) is 0 Å². The number of ketones is 1. The Morgan fingerprint density at radius 3 is 2.27 bits per heavy atom. The van der Waals surface area contributed by atoms with Crippen molar-refractivity contribution in [2.24, 2.45) is 0 Å². The highest BCUT2D eigenvalue weighted by molar-refractivity contribution is 6.09. The Morgan fingerprint density at radius 1 is 0.933 bits per heavy atom. The van der Waals surface area contributed by atoms with Crippen LogP contribution in [0.15, 0.2) is 78.9 Å². The lowest BCUT2D eigenvalue weighted by Crippen LogP contribution is -2.15. The highest BCUT2D eigenvalue weighted by atomic mass is 16.7. The predicted octanol–water partition coefficient (Wildman–Crippen LogP) is 5.14. The zero-order valence-electron chi connectivity index (χ0n) is 16.2. The molecule has 0 bridgehead atoms. The number of nitro benzene ring substituents is 1. The summed E-state index contributed by atoms with van der Waals surface area (Å²) in [6.45, 7) is 1.92. The van der Waals surface area contributed by atoms with Crippen molar-refractivity contribution >= 4 is 17.6 Å². The van der Waals surface area contributed by atoms with E-state index in [1.54, 1.807) is 30.3 Å². The molecular weight excluding hydrogens is 386 g/mol. The highest BCUT2D eigenvalue weighted by Crippen LogP contribution is 2.21. The maximum absolute atomic E-state index is 12.6. The van der Waals surface area contributed by atoms with Crippen LogP contribution in [0.25, 0.3) is 0 Å². The van der Waals surface area contributed by atoms with E-state index >= 15 is 0 Å². The lowest BCUT2D eigenvalue weighted by atomic mass is 9.96. The van der Waals surface area contributed by atoms with Gasteiger partial charge >= 0.3 is 6.16 Å². The molecule has 152 valence electrons. The fourth-order valence-electron chi connectivity index (χ4n) is 2.79. The quantitative estimate of drug-likeness (QED) is 0.177. The van der Waals surface area contributed by atoms with Crippen LogP contribution in [0.4, 0.5) is 10.5 Å². The molecule has 0 amide bonds. The summed E-state index contributed by atoms with van der Waals surface area (Å²) in [6.07, 6.45) is -0.910. The lowest BCUT2D eigenvalue weighted by Gasteiger charge is -2.13. The average Bonchev–Trinajstić information content (AvgIpc) is 2.78. The number of ether oxygens (including phenoxy) is 2. The summed E-state index contributed by atoms with van der Waals surface area (Å²) in [4.78, 5) is 34.6. The second kappa shape index (κ2) is 9.47. The van der Waals surface area contributed by atoms with E-state index in [-0.39, 0.29) is 29.7 Å². The third-order valence-electron chi connectivity index (χ3n) is 4.45. The number of rotatable bonds is 7. The molecule has 0 aromatic heterocycles. The molecule has 1 atom stereocenters. The van der Waals surface area contributed by atoms with Gasteiger partial charge in [-0.2, -0.15) is 0 Å². The lowest BCUT2D eigenvalue weighted by molar-refractivity contribution is -0.384. The Kier molecular flexibility index (Phi) is 6.54. The number of hydrogen-bond acceptors (Lipinski definition) is 6. The Hall–Kier alpha value is -4.00. The van der Waals surface area contributed by atoms with Gasteiger partial charge in [0.05, 0.1) is 4.92 Å². The maximum atomic E-state index is 12.6. The summed E-state index contributed by atoms with van der Waals surface area (Å²) < 4.78 is 10.2. The van der Waals surface area contributed by atoms with Crippen LogP contribution < -0.4 is 4.74 Å². The van der Waals surface area contributed by atoms with Crippen molar-refractivity contribution in [2.45, 2.75) is 12.8 Å². The van der Waals surface area contributed by atoms with Gasteiger partial charge in [0.1, 0.15) is 12.4 Å². The summed E-state index contributed by atoms with van der Waals surface area (Å²) >= 11 is 0. The van der Waals surface area contributed by atoms with Crippen LogP contribution in [0, 0.1) is 10.1 Å². The third-order valence-corrected chi connectivity index (χ3v) is 4.45. The van der Waals surface area contributed by atoms with E-state index in [1.165, 1.54) is 24.3 Å². The van der Waals surface area contributed by atoms with Crippen molar-refractivity contribution in [3.8, 4) is 5.75 Å². The molecule has 0 fully saturated rings. The zero-order valence-corrected chi connectivity index (χ0v) is 16.2. The van der Waals surface area contributed by atoms with Crippen molar-refractivity contribution < 1.29 is 24.0 Å². The van der Waals surface area contributed by atoms with E-state index in [0.717, 1.165) is 5.56 Å². The van der Waals surface area contributed by atoms with Crippen LogP contribution in [0.2, 0.25) is 0 Å². The second-order valence-electron chi connectivity index (χ2n) is 6.64. The molecule has 0 unspecified atom stereocenters. The Morgan fingerprint density at radius 2 is 1.60 bits per heavy atom. The van der Waals surface area contributed by atoms with E-state index in [1.807, 2.05) is 31.2 Å². The van der Waals surface area contributed by atoms with Gasteiger partial charge in [0, 0.05) is 29.2 Å². The summed E-state index contributed by atoms with van der Waals surface area (Å²) in [5, 5.41) is 10.6. The van der Waals surface area contributed by atoms with Gasteiger partial charge in [0.2, 0.25) is 0 Å². The molecule has 0 heterocycles. The number of hydrogen-bond donors (Lipinski definition) is 0. The van der Waals surface area contributed by atoms with E-state index in [4.69, 9.17) is 9.47 Å². The molecule has 3 rings (SSSR count). The van der Waals surface area contributed by atoms with Crippen molar-refractivity contribution in [3.63, 3.8) is 0 Å². The number of benzene rings is 3. The van der Waals surface area contributed by atoms with Crippen LogP contribution in [-0.4, -0.2) is 23.5 Å². The van der Waals surface area contributed by atoms with E-state index in [9.17, 15) is 19.7 Å². The van der Waals surface area contributed by atoms with Gasteiger partial charge in [-0.25, -0.2) is 4.79 Å². The van der Waals surface area contributed by atoms with Gasteiger partial charge in [-0.1, -0.05) is 55.5 Å². The van der Waals surface area contributed by atoms with Crippen LogP contribution in [0.5, 0.6) is 5.75 Å². The van der Waals surface area contributed by atoms with E-state index in [0.29, 0.717) is 11.1 Å². The largest absolute Gasteiger partial charge is 0.513 e. The number of carbonyl (C=O) groups is 2. The minimum absolute atomic E-state index is 0.0504. The molecule has 0 spiro atoms. The smallest absolute Gasteiger partial charge is 0.433 e. The van der Waals surface area contributed by atoms with Gasteiger partial charge in [0.25, 0.3) is 5.69 Å². The first kappa shape index (κ1) is 20.7. The fourth-order valence-corrected chi connectivity index (χ4v) is 2.79. The van der Waals surface area contributed by atoms with Crippen molar-refractivity contribution in [3.05, 3.63) is 106 Å². The molecule has 0 aliphatic carbocycles. The van der Waals surface area contributed by atoms with Gasteiger partial charge in [-0.3, -0.25) is 14.9 Å². The Bertz CT molecular complexity index is 1050. The van der Waals surface area contributed by atoms with Gasteiger partial charge in [-0.05, 0) is 23.8 Å². The minimum atomic E-state index is -0.910. The number of carbonyl (C=O) groups excluding carboxylic acids is 2. The monoisotopic (exact) mass is 405 g/mol. The molecule has 0 aliphatic rings. The van der Waals surface area contributed by atoms with E-state index < -0.39 is 11.1 Å². The highest BCUT2D eigenvalue weighted by Gasteiger charge is 2.15. The van der Waals surface area contributed by atoms with Gasteiger partial charge < -0.3 is 9.47 Å². The number of non-ortho nitro benzene ring substituents is 1. The first-order valence-electron chi connectivity index (χ1n) is 9.23. The fraction of sp³-hybridized carbons (Fsp3) is 0.130. The third kappa shape index (κ3) is 5.29.